The van der Waals surface area contributed by atoms with Crippen molar-refractivity contribution >= 4 is 39.1 Å². The molecule has 3 aromatic rings. The highest BCUT2D eigenvalue weighted by Gasteiger charge is 2.32. The molecule has 3 rings (SSSR count). The molecule has 2 amide bonds. The first kappa shape index (κ1) is 28.1. The monoisotopic (exact) mass is 545 g/mol. The third-order valence-corrected chi connectivity index (χ3v) is 8.00. The third-order valence-electron chi connectivity index (χ3n) is 5.92. The van der Waals surface area contributed by atoms with Crippen LogP contribution in [0.4, 0.5) is 10.1 Å². The van der Waals surface area contributed by atoms with Gasteiger partial charge in [-0.25, -0.2) is 12.8 Å². The van der Waals surface area contributed by atoms with E-state index in [1.165, 1.54) is 23.1 Å². The van der Waals surface area contributed by atoms with E-state index in [0.29, 0.717) is 6.54 Å². The number of likely N-dealkylation sites (N-methyl/N-ethyl adjacent to an activating group) is 1. The summed E-state index contributed by atoms with van der Waals surface area (Å²) in [5, 5.41) is 2.43. The summed E-state index contributed by atoms with van der Waals surface area (Å²) in [6.45, 7) is 5.08. The van der Waals surface area contributed by atoms with Gasteiger partial charge in [0.1, 0.15) is 18.4 Å². The van der Waals surface area contributed by atoms with Crippen LogP contribution in [0.1, 0.15) is 25.0 Å². The lowest BCUT2D eigenvalue weighted by atomic mass is 10.1. The fourth-order valence-corrected chi connectivity index (χ4v) is 5.37. The Morgan fingerprint density at radius 3 is 2.30 bits per heavy atom. The Labute approximate surface area is 221 Å². The first-order valence-electron chi connectivity index (χ1n) is 11.7. The van der Waals surface area contributed by atoms with Crippen molar-refractivity contribution < 1.29 is 22.4 Å². The fourth-order valence-electron chi connectivity index (χ4n) is 3.76. The Bertz CT molecular complexity index is 1370. The van der Waals surface area contributed by atoms with Crippen LogP contribution >= 0.6 is 11.6 Å². The van der Waals surface area contributed by atoms with Crippen molar-refractivity contribution in [2.75, 3.05) is 17.4 Å². The zero-order valence-electron chi connectivity index (χ0n) is 20.8. The van der Waals surface area contributed by atoms with Crippen molar-refractivity contribution in [3.05, 3.63) is 94.8 Å². The van der Waals surface area contributed by atoms with Gasteiger partial charge in [0.25, 0.3) is 10.0 Å². The number of nitrogens with one attached hydrogen (secondary N) is 1. The van der Waals surface area contributed by atoms with Crippen molar-refractivity contribution in [1.29, 1.82) is 0 Å². The first-order valence-corrected chi connectivity index (χ1v) is 13.5. The zero-order chi connectivity index (χ0) is 27.2. The van der Waals surface area contributed by atoms with E-state index in [1.54, 1.807) is 32.0 Å². The smallest absolute Gasteiger partial charge is 0.264 e. The van der Waals surface area contributed by atoms with E-state index in [2.05, 4.69) is 5.32 Å². The van der Waals surface area contributed by atoms with Gasteiger partial charge in [-0.2, -0.15) is 0 Å². The molecule has 3 aromatic carbocycles. The summed E-state index contributed by atoms with van der Waals surface area (Å²) in [7, 11) is -4.25. The number of halogens is 2. The molecule has 1 unspecified atom stereocenters. The maximum atomic E-state index is 13.9. The Balaban J connectivity index is 2.05. The Kier molecular flexibility index (Phi) is 9.29. The van der Waals surface area contributed by atoms with Crippen LogP contribution in [0.5, 0.6) is 0 Å². The number of nitrogens with zero attached hydrogens (tertiary/aromatic N) is 2. The van der Waals surface area contributed by atoms with Gasteiger partial charge < -0.3 is 10.2 Å². The van der Waals surface area contributed by atoms with Crippen LogP contribution in [0.2, 0.25) is 5.02 Å². The molecule has 7 nitrogen and oxygen atoms in total. The van der Waals surface area contributed by atoms with Crippen LogP contribution in [-0.2, 0) is 26.2 Å². The summed E-state index contributed by atoms with van der Waals surface area (Å²) in [5.41, 5.74) is 1.75. The molecule has 0 bridgehead atoms. The van der Waals surface area contributed by atoms with Crippen LogP contribution in [0.25, 0.3) is 0 Å². The lowest BCUT2D eigenvalue weighted by Crippen LogP contribution is -2.51. The predicted molar refractivity (Wildman–Crippen MR) is 142 cm³/mol. The molecule has 0 fully saturated rings. The van der Waals surface area contributed by atoms with Gasteiger partial charge >= 0.3 is 0 Å². The Morgan fingerprint density at radius 2 is 1.68 bits per heavy atom. The molecule has 1 N–H and O–H groups in total. The molecule has 0 aliphatic rings. The van der Waals surface area contributed by atoms with Gasteiger partial charge in [-0.3, -0.25) is 13.9 Å². The Morgan fingerprint density at radius 1 is 1.03 bits per heavy atom. The van der Waals surface area contributed by atoms with Crippen molar-refractivity contribution in [2.24, 2.45) is 0 Å². The lowest BCUT2D eigenvalue weighted by Gasteiger charge is -2.32. The quantitative estimate of drug-likeness (QED) is 0.405. The van der Waals surface area contributed by atoms with Gasteiger partial charge in [0, 0.05) is 13.1 Å². The molecule has 196 valence electrons. The summed E-state index contributed by atoms with van der Waals surface area (Å²) >= 11 is 5.96. The molecule has 0 aromatic heterocycles. The molecule has 0 saturated heterocycles. The largest absolute Gasteiger partial charge is 0.355 e. The van der Waals surface area contributed by atoms with E-state index in [1.807, 2.05) is 31.2 Å². The number of benzene rings is 3. The molecular formula is C27H29ClFN3O4S. The third kappa shape index (κ3) is 6.67. The van der Waals surface area contributed by atoms with Crippen LogP contribution in [0.15, 0.2) is 77.7 Å². The maximum absolute atomic E-state index is 13.9. The minimum atomic E-state index is -4.25. The highest BCUT2D eigenvalue weighted by Crippen LogP contribution is 2.28. The normalized spacial score (nSPS) is 12.0. The molecule has 0 heterocycles. The Hall–Kier alpha value is -3.43. The minimum Gasteiger partial charge on any atom is -0.355 e. The highest BCUT2D eigenvalue weighted by molar-refractivity contribution is 7.92. The number of anilines is 1. The predicted octanol–water partition coefficient (Wildman–Crippen LogP) is 4.54. The number of hydrogen-bond acceptors (Lipinski definition) is 4. The standard InChI is InChI=1S/C27H29ClFN3O4S/c1-4-30-27(34)20(3)31(17-21-11-9-8-10-19(21)2)26(33)18-32(22-14-15-25(29)24(28)16-22)37(35,36)23-12-6-5-7-13-23/h5-16,20H,4,17-18H2,1-3H3,(H,30,34). The second kappa shape index (κ2) is 12.2. The summed E-state index contributed by atoms with van der Waals surface area (Å²) in [4.78, 5) is 27.8. The van der Waals surface area contributed by atoms with Gasteiger partial charge in [0.2, 0.25) is 11.8 Å². The van der Waals surface area contributed by atoms with Gasteiger partial charge in [-0.1, -0.05) is 54.1 Å². The van der Waals surface area contributed by atoms with E-state index in [-0.39, 0.29) is 28.1 Å². The molecule has 0 aliphatic carbocycles. The molecule has 0 spiro atoms. The van der Waals surface area contributed by atoms with E-state index in [9.17, 15) is 22.4 Å². The molecular weight excluding hydrogens is 517 g/mol. The number of hydrogen-bond donors (Lipinski definition) is 1. The van der Waals surface area contributed by atoms with Gasteiger partial charge in [0.15, 0.2) is 0 Å². The minimum absolute atomic E-state index is 0.0186. The van der Waals surface area contributed by atoms with Crippen LogP contribution < -0.4 is 9.62 Å². The van der Waals surface area contributed by atoms with Crippen molar-refractivity contribution in [3.63, 3.8) is 0 Å². The zero-order valence-corrected chi connectivity index (χ0v) is 22.4. The average Bonchev–Trinajstić information content (AvgIpc) is 2.88. The lowest BCUT2D eigenvalue weighted by molar-refractivity contribution is -0.139. The molecule has 37 heavy (non-hydrogen) atoms. The fraction of sp³-hybridized carbons (Fsp3) is 0.259. The molecule has 1 atom stereocenters. The topological polar surface area (TPSA) is 86.8 Å². The molecule has 0 saturated carbocycles. The number of aryl methyl sites for hydroxylation is 1. The second-order valence-corrected chi connectivity index (χ2v) is 10.7. The summed E-state index contributed by atoms with van der Waals surface area (Å²) in [6, 6.07) is 17.6. The van der Waals surface area contributed by atoms with E-state index in [4.69, 9.17) is 11.6 Å². The highest BCUT2D eigenvalue weighted by atomic mass is 35.5. The number of carbonyl (C=O) groups excluding carboxylic acids is 2. The summed E-state index contributed by atoms with van der Waals surface area (Å²) in [5.74, 6) is -1.70. The summed E-state index contributed by atoms with van der Waals surface area (Å²) < 4.78 is 42.1. The van der Waals surface area contributed by atoms with Crippen molar-refractivity contribution in [3.8, 4) is 0 Å². The van der Waals surface area contributed by atoms with Crippen molar-refractivity contribution in [1.82, 2.24) is 10.2 Å². The number of amides is 2. The number of carbonyl (C=O) groups is 2. The summed E-state index contributed by atoms with van der Waals surface area (Å²) in [6.07, 6.45) is 0. The van der Waals surface area contributed by atoms with Crippen LogP contribution in [0.3, 0.4) is 0 Å². The van der Waals surface area contributed by atoms with Gasteiger partial charge in [0.05, 0.1) is 15.6 Å². The molecule has 0 aliphatic heterocycles. The SMILES string of the molecule is CCNC(=O)C(C)N(Cc1ccccc1C)C(=O)CN(c1ccc(F)c(Cl)c1)S(=O)(=O)c1ccccc1. The second-order valence-electron chi connectivity index (χ2n) is 8.44. The van der Waals surface area contributed by atoms with E-state index in [0.717, 1.165) is 27.6 Å². The van der Waals surface area contributed by atoms with E-state index < -0.39 is 34.3 Å². The van der Waals surface area contributed by atoms with Crippen molar-refractivity contribution in [2.45, 2.75) is 38.3 Å². The van der Waals surface area contributed by atoms with Crippen LogP contribution in [-0.4, -0.2) is 44.3 Å². The van der Waals surface area contributed by atoms with Crippen LogP contribution in [0, 0.1) is 12.7 Å². The number of rotatable bonds is 10. The van der Waals surface area contributed by atoms with Gasteiger partial charge in [-0.15, -0.1) is 0 Å². The maximum Gasteiger partial charge on any atom is 0.264 e. The average molecular weight is 546 g/mol. The van der Waals surface area contributed by atoms with E-state index >= 15 is 0 Å². The molecule has 10 heteroatoms. The number of sulfonamides is 1. The van der Waals surface area contributed by atoms with Gasteiger partial charge in [-0.05, 0) is 62.2 Å². The molecule has 0 radical (unpaired) electrons. The first-order chi connectivity index (χ1) is 17.6.